The predicted octanol–water partition coefficient (Wildman–Crippen LogP) is 4.13. The number of fused-ring (bicyclic) bond motifs is 1. The molecule has 0 saturated carbocycles. The first-order valence-corrected chi connectivity index (χ1v) is 13.4. The summed E-state index contributed by atoms with van der Waals surface area (Å²) in [6.45, 7) is 5.02. The molecule has 204 valence electrons. The number of hydrogen-bond acceptors (Lipinski definition) is 6. The molecule has 2 atom stereocenters. The smallest absolute Gasteiger partial charge is 0.320 e. The average Bonchev–Trinajstić information content (AvgIpc) is 3.70. The van der Waals surface area contributed by atoms with Gasteiger partial charge in [0.25, 0.3) is 0 Å². The third-order valence-corrected chi connectivity index (χ3v) is 7.43. The van der Waals surface area contributed by atoms with E-state index in [9.17, 15) is 4.79 Å². The summed E-state index contributed by atoms with van der Waals surface area (Å²) in [5.41, 5.74) is 5.17. The molecule has 1 saturated heterocycles. The van der Waals surface area contributed by atoms with Crippen LogP contribution in [0.2, 0.25) is 0 Å². The van der Waals surface area contributed by atoms with Crippen molar-refractivity contribution in [1.29, 1.82) is 0 Å². The van der Waals surface area contributed by atoms with Gasteiger partial charge in [-0.15, -0.1) is 0 Å². The molecule has 10 heteroatoms. The third kappa shape index (κ3) is 5.18. The van der Waals surface area contributed by atoms with Gasteiger partial charge in [-0.3, -0.25) is 10.2 Å². The number of urea groups is 1. The number of aromatic nitrogens is 5. The van der Waals surface area contributed by atoms with Crippen molar-refractivity contribution in [2.75, 3.05) is 38.7 Å². The summed E-state index contributed by atoms with van der Waals surface area (Å²) < 4.78 is 8.79. The van der Waals surface area contributed by atoms with E-state index in [4.69, 9.17) is 9.84 Å². The minimum Gasteiger partial charge on any atom is -0.383 e. The second-order valence-corrected chi connectivity index (χ2v) is 10.0. The van der Waals surface area contributed by atoms with Crippen LogP contribution in [0.3, 0.4) is 0 Å². The molecule has 2 N–H and O–H groups in total. The number of hydrogen-bond donors (Lipinski definition) is 2. The molecule has 2 amide bonds. The monoisotopic (exact) mass is 536 g/mol. The number of amides is 2. The summed E-state index contributed by atoms with van der Waals surface area (Å²) in [4.78, 5) is 20.4. The fourth-order valence-corrected chi connectivity index (χ4v) is 5.39. The Labute approximate surface area is 232 Å². The van der Waals surface area contributed by atoms with Crippen LogP contribution in [-0.2, 0) is 4.74 Å². The Morgan fingerprint density at radius 3 is 2.60 bits per heavy atom. The summed E-state index contributed by atoms with van der Waals surface area (Å²) in [6.07, 6.45) is 5.39. The van der Waals surface area contributed by atoms with Gasteiger partial charge in [-0.1, -0.05) is 48.5 Å². The number of nitrogens with zero attached hydrogens (tertiary/aromatic N) is 6. The number of para-hydroxylation sites is 1. The van der Waals surface area contributed by atoms with E-state index in [1.54, 1.807) is 28.7 Å². The summed E-state index contributed by atoms with van der Waals surface area (Å²) in [7, 11) is 1.71. The van der Waals surface area contributed by atoms with Gasteiger partial charge >= 0.3 is 6.03 Å². The maximum atomic E-state index is 13.6. The third-order valence-electron chi connectivity index (χ3n) is 7.43. The number of nitrogens with one attached hydrogen (secondary N) is 2. The maximum absolute atomic E-state index is 13.6. The highest BCUT2D eigenvalue weighted by Crippen LogP contribution is 2.31. The molecule has 10 nitrogen and oxygen atoms in total. The highest BCUT2D eigenvalue weighted by Gasteiger charge is 2.35. The van der Waals surface area contributed by atoms with E-state index in [0.29, 0.717) is 12.4 Å². The van der Waals surface area contributed by atoms with E-state index in [1.807, 2.05) is 67.7 Å². The van der Waals surface area contributed by atoms with Gasteiger partial charge in [-0.25, -0.2) is 19.0 Å². The molecule has 40 heavy (non-hydrogen) atoms. The van der Waals surface area contributed by atoms with E-state index in [-0.39, 0.29) is 18.0 Å². The molecular formula is C30H32N8O2. The number of likely N-dealkylation sites (tertiary alicyclic amines) is 1. The minimum atomic E-state index is -0.271. The molecule has 0 bridgehead atoms. The van der Waals surface area contributed by atoms with Crippen molar-refractivity contribution >= 4 is 17.5 Å². The molecule has 4 heterocycles. The molecule has 0 radical (unpaired) electrons. The second kappa shape index (κ2) is 11.3. The molecular weight excluding hydrogens is 504 g/mol. The Morgan fingerprint density at radius 2 is 1.82 bits per heavy atom. The fraction of sp³-hybridized carbons (Fsp3) is 0.267. The number of anilines is 1. The first-order valence-electron chi connectivity index (χ1n) is 13.4. The molecule has 0 aliphatic carbocycles. The zero-order valence-electron chi connectivity index (χ0n) is 22.6. The van der Waals surface area contributed by atoms with Crippen LogP contribution >= 0.6 is 0 Å². The Balaban J connectivity index is 1.29. The number of carbonyl (C=O) groups is 1. The summed E-state index contributed by atoms with van der Waals surface area (Å²) in [5.74, 6) is 0.774. The van der Waals surface area contributed by atoms with Crippen LogP contribution in [0.25, 0.3) is 22.6 Å². The van der Waals surface area contributed by atoms with Crippen LogP contribution < -0.4 is 10.6 Å². The summed E-state index contributed by atoms with van der Waals surface area (Å²) in [5, 5.41) is 15.6. The van der Waals surface area contributed by atoms with Gasteiger partial charge in [0.2, 0.25) is 0 Å². The van der Waals surface area contributed by atoms with Crippen LogP contribution in [0.1, 0.15) is 17.0 Å². The van der Waals surface area contributed by atoms with Gasteiger partial charge in [0.05, 0.1) is 24.5 Å². The topological polar surface area (TPSA) is 102 Å². The number of benzene rings is 2. The maximum Gasteiger partial charge on any atom is 0.320 e. The molecule has 0 spiro atoms. The lowest BCUT2D eigenvalue weighted by Crippen LogP contribution is -2.42. The van der Waals surface area contributed by atoms with Gasteiger partial charge in [0, 0.05) is 62.2 Å². The van der Waals surface area contributed by atoms with Crippen LogP contribution in [0.4, 0.5) is 10.6 Å². The zero-order chi connectivity index (χ0) is 27.5. The first-order chi connectivity index (χ1) is 19.6. The molecule has 1 aliphatic heterocycles. The van der Waals surface area contributed by atoms with Gasteiger partial charge in [0.15, 0.2) is 5.65 Å². The van der Waals surface area contributed by atoms with Crippen molar-refractivity contribution in [2.45, 2.75) is 18.9 Å². The molecule has 2 aromatic carbocycles. The van der Waals surface area contributed by atoms with Crippen molar-refractivity contribution < 1.29 is 9.53 Å². The Bertz CT molecular complexity index is 1600. The van der Waals surface area contributed by atoms with E-state index >= 15 is 0 Å². The van der Waals surface area contributed by atoms with Crippen LogP contribution in [-0.4, -0.2) is 74.7 Å². The van der Waals surface area contributed by atoms with Crippen LogP contribution in [0, 0.1) is 6.92 Å². The Hall–Kier alpha value is -4.54. The quantitative estimate of drug-likeness (QED) is 0.309. The highest BCUT2D eigenvalue weighted by molar-refractivity contribution is 5.91. The number of rotatable bonds is 8. The normalized spacial score (nSPS) is 17.4. The van der Waals surface area contributed by atoms with E-state index < -0.39 is 0 Å². The zero-order valence-corrected chi connectivity index (χ0v) is 22.6. The van der Waals surface area contributed by atoms with Crippen molar-refractivity contribution in [1.82, 2.24) is 34.6 Å². The van der Waals surface area contributed by atoms with E-state index in [1.165, 1.54) is 5.56 Å². The predicted molar refractivity (Wildman–Crippen MR) is 154 cm³/mol. The van der Waals surface area contributed by atoms with Gasteiger partial charge < -0.3 is 10.1 Å². The lowest BCUT2D eigenvalue weighted by molar-refractivity contribution is 0.159. The van der Waals surface area contributed by atoms with Crippen molar-refractivity contribution in [2.24, 2.45) is 0 Å². The molecule has 0 unspecified atom stereocenters. The standard InChI is InChI=1S/C30H32N8O2/c1-21-28(23-17-31-27-13-14-32-37(27)18-23)35-38(24-11-7-4-8-12-24)29(21)34-30(39)33-26-20-36(15-16-40-2)19-25(26)22-9-5-3-6-10-22/h3-14,17-18,25-26H,15-16,19-20H2,1-2H3,(H2,33,34,39)/t25-,26+/m0/s1. The van der Waals surface area contributed by atoms with Crippen molar-refractivity contribution in [3.05, 3.63) is 96.4 Å². The largest absolute Gasteiger partial charge is 0.383 e. The van der Waals surface area contributed by atoms with Gasteiger partial charge in [-0.2, -0.15) is 10.2 Å². The fourth-order valence-electron chi connectivity index (χ4n) is 5.39. The number of carbonyl (C=O) groups excluding carboxylic acids is 1. The van der Waals surface area contributed by atoms with Crippen LogP contribution in [0.15, 0.2) is 85.3 Å². The Morgan fingerprint density at radius 1 is 1.05 bits per heavy atom. The van der Waals surface area contributed by atoms with Crippen LogP contribution in [0.5, 0.6) is 0 Å². The van der Waals surface area contributed by atoms with Crippen molar-refractivity contribution in [3.63, 3.8) is 0 Å². The molecule has 1 aliphatic rings. The minimum absolute atomic E-state index is 0.0569. The van der Waals surface area contributed by atoms with Crippen molar-refractivity contribution in [3.8, 4) is 16.9 Å². The molecule has 1 fully saturated rings. The SMILES string of the molecule is COCCN1C[C@@H](NC(=O)Nc2c(C)c(-c3cnc4ccnn4c3)nn2-c2ccccc2)[C@H](c2ccccc2)C1. The van der Waals surface area contributed by atoms with Gasteiger partial charge in [-0.05, 0) is 24.6 Å². The number of ether oxygens (including phenoxy) is 1. The average molecular weight is 537 g/mol. The van der Waals surface area contributed by atoms with E-state index in [2.05, 4.69) is 37.7 Å². The first kappa shape index (κ1) is 25.7. The summed E-state index contributed by atoms with van der Waals surface area (Å²) >= 11 is 0. The lowest BCUT2D eigenvalue weighted by atomic mass is 9.94. The molecule has 5 aromatic rings. The summed E-state index contributed by atoms with van der Waals surface area (Å²) in [6, 6.07) is 21.7. The number of methoxy groups -OCH3 is 1. The van der Waals surface area contributed by atoms with E-state index in [0.717, 1.165) is 47.8 Å². The second-order valence-electron chi connectivity index (χ2n) is 10.0. The Kier molecular flexibility index (Phi) is 7.26. The van der Waals surface area contributed by atoms with Gasteiger partial charge in [0.1, 0.15) is 11.5 Å². The highest BCUT2D eigenvalue weighted by atomic mass is 16.5. The lowest BCUT2D eigenvalue weighted by Gasteiger charge is -2.21. The molecule has 6 rings (SSSR count). The molecule has 3 aromatic heterocycles.